The first-order valence-corrected chi connectivity index (χ1v) is 7.53. The Hall–Kier alpha value is -1.62. The Labute approximate surface area is 128 Å². The van der Waals surface area contributed by atoms with E-state index in [1.807, 2.05) is 18.4 Å². The number of fused-ring (bicyclic) bond motifs is 1. The summed E-state index contributed by atoms with van der Waals surface area (Å²) in [5.41, 5.74) is 1.36. The first-order chi connectivity index (χ1) is 10.0. The van der Waals surface area contributed by atoms with Gasteiger partial charge in [-0.1, -0.05) is 6.92 Å². The van der Waals surface area contributed by atoms with Gasteiger partial charge in [0.15, 0.2) is 0 Å². The van der Waals surface area contributed by atoms with Crippen LogP contribution in [0.1, 0.15) is 37.9 Å². The van der Waals surface area contributed by atoms with Crippen molar-refractivity contribution in [2.75, 3.05) is 6.54 Å². The number of amides is 1. The fourth-order valence-corrected chi connectivity index (χ4v) is 2.39. The first kappa shape index (κ1) is 15.8. The Morgan fingerprint density at radius 3 is 2.95 bits per heavy atom. The van der Waals surface area contributed by atoms with E-state index < -0.39 is 0 Å². The molecule has 0 radical (unpaired) electrons. The lowest BCUT2D eigenvalue weighted by Crippen LogP contribution is -2.25. The summed E-state index contributed by atoms with van der Waals surface area (Å²) in [5, 5.41) is 2.52. The van der Waals surface area contributed by atoms with E-state index in [1.54, 1.807) is 6.07 Å². The zero-order chi connectivity index (χ0) is 15.4. The molecule has 114 valence electrons. The molecule has 0 aliphatic carbocycles. The summed E-state index contributed by atoms with van der Waals surface area (Å²) in [6, 6.07) is 4.42. The number of alkyl halides is 1. The number of carbonyl (C=O) groups is 1. The minimum Gasteiger partial charge on any atom is -0.356 e. The number of aryl methyl sites for hydroxylation is 1. The lowest BCUT2D eigenvalue weighted by atomic mass is 10.3. The zero-order valence-corrected chi connectivity index (χ0v) is 13.0. The highest BCUT2D eigenvalue weighted by molar-refractivity contribution is 6.20. The lowest BCUT2D eigenvalue weighted by Gasteiger charge is -2.10. The molecule has 0 aliphatic heterocycles. The van der Waals surface area contributed by atoms with E-state index in [-0.39, 0.29) is 17.1 Å². The summed E-state index contributed by atoms with van der Waals surface area (Å²) in [4.78, 5) is 16.2. The number of rotatable bonds is 6. The average Bonchev–Trinajstić information content (AvgIpc) is 2.81. The van der Waals surface area contributed by atoms with Crippen molar-refractivity contribution < 1.29 is 9.18 Å². The molecule has 1 unspecified atom stereocenters. The van der Waals surface area contributed by atoms with Gasteiger partial charge in [-0.05, 0) is 31.5 Å². The van der Waals surface area contributed by atoms with Gasteiger partial charge in [-0.3, -0.25) is 4.79 Å². The average molecular weight is 312 g/mol. The van der Waals surface area contributed by atoms with E-state index in [0.717, 1.165) is 6.42 Å². The Kier molecular flexibility index (Phi) is 5.17. The monoisotopic (exact) mass is 311 g/mol. The Morgan fingerprint density at radius 1 is 1.52 bits per heavy atom. The molecule has 6 heteroatoms. The molecule has 4 nitrogen and oxygen atoms in total. The summed E-state index contributed by atoms with van der Waals surface area (Å²) in [6.45, 7) is 4.91. The maximum atomic E-state index is 13.4. The predicted octanol–water partition coefficient (Wildman–Crippen LogP) is 3.39. The molecule has 1 amide bonds. The number of benzene rings is 1. The molecule has 0 aliphatic rings. The number of hydrogen-bond acceptors (Lipinski definition) is 2. The number of aromatic nitrogens is 2. The quantitative estimate of drug-likeness (QED) is 0.831. The SMILES string of the molecule is CCCNC(=O)CCn1c(C(C)Cl)nc2ccc(F)cc21. The van der Waals surface area contributed by atoms with Crippen LogP contribution in [0.4, 0.5) is 4.39 Å². The van der Waals surface area contributed by atoms with E-state index in [9.17, 15) is 9.18 Å². The fourth-order valence-electron chi connectivity index (χ4n) is 2.22. The van der Waals surface area contributed by atoms with E-state index in [2.05, 4.69) is 10.3 Å². The molecule has 1 aromatic carbocycles. The van der Waals surface area contributed by atoms with Crippen molar-refractivity contribution in [3.8, 4) is 0 Å². The van der Waals surface area contributed by atoms with Crippen LogP contribution in [0.3, 0.4) is 0 Å². The lowest BCUT2D eigenvalue weighted by molar-refractivity contribution is -0.121. The van der Waals surface area contributed by atoms with Crippen LogP contribution in [-0.4, -0.2) is 22.0 Å². The molecule has 0 saturated carbocycles. The van der Waals surface area contributed by atoms with Crippen molar-refractivity contribution in [2.24, 2.45) is 0 Å². The molecule has 1 N–H and O–H groups in total. The number of nitrogens with zero attached hydrogens (tertiary/aromatic N) is 2. The maximum Gasteiger partial charge on any atom is 0.221 e. The highest BCUT2D eigenvalue weighted by atomic mass is 35.5. The minimum atomic E-state index is -0.326. The van der Waals surface area contributed by atoms with Gasteiger partial charge in [0.2, 0.25) is 5.91 Å². The van der Waals surface area contributed by atoms with Crippen LogP contribution in [-0.2, 0) is 11.3 Å². The smallest absolute Gasteiger partial charge is 0.221 e. The fraction of sp³-hybridized carbons (Fsp3) is 0.467. The van der Waals surface area contributed by atoms with Crippen LogP contribution in [0.2, 0.25) is 0 Å². The van der Waals surface area contributed by atoms with Gasteiger partial charge < -0.3 is 9.88 Å². The third kappa shape index (κ3) is 3.73. The second-order valence-corrected chi connectivity index (χ2v) is 5.63. The molecule has 0 spiro atoms. The van der Waals surface area contributed by atoms with Crippen LogP contribution in [0.5, 0.6) is 0 Å². The van der Waals surface area contributed by atoms with E-state index in [1.165, 1.54) is 12.1 Å². The topological polar surface area (TPSA) is 46.9 Å². The van der Waals surface area contributed by atoms with Crippen LogP contribution in [0.15, 0.2) is 18.2 Å². The standard InChI is InChI=1S/C15H19ClFN3O/c1-3-7-18-14(21)6-8-20-13-9-11(17)4-5-12(13)19-15(20)10(2)16/h4-5,9-10H,3,6-8H2,1-2H3,(H,18,21). The van der Waals surface area contributed by atoms with Gasteiger partial charge >= 0.3 is 0 Å². The van der Waals surface area contributed by atoms with Gasteiger partial charge in [-0.25, -0.2) is 9.37 Å². The van der Waals surface area contributed by atoms with Crippen molar-refractivity contribution in [1.82, 2.24) is 14.9 Å². The second-order valence-electron chi connectivity index (χ2n) is 4.97. The van der Waals surface area contributed by atoms with Crippen molar-refractivity contribution >= 4 is 28.5 Å². The van der Waals surface area contributed by atoms with Gasteiger partial charge in [0.1, 0.15) is 11.6 Å². The van der Waals surface area contributed by atoms with Crippen molar-refractivity contribution in [2.45, 2.75) is 38.6 Å². The van der Waals surface area contributed by atoms with Gasteiger partial charge in [0.05, 0.1) is 16.4 Å². The van der Waals surface area contributed by atoms with E-state index >= 15 is 0 Å². The molecule has 2 rings (SSSR count). The molecule has 1 atom stereocenters. The maximum absolute atomic E-state index is 13.4. The normalized spacial score (nSPS) is 12.6. The number of hydrogen-bond donors (Lipinski definition) is 1. The largest absolute Gasteiger partial charge is 0.356 e. The van der Waals surface area contributed by atoms with E-state index in [4.69, 9.17) is 11.6 Å². The number of nitrogens with one attached hydrogen (secondary N) is 1. The van der Waals surface area contributed by atoms with Gasteiger partial charge in [0, 0.05) is 19.5 Å². The third-order valence-electron chi connectivity index (χ3n) is 3.23. The van der Waals surface area contributed by atoms with E-state index in [0.29, 0.717) is 36.4 Å². The molecule has 0 saturated heterocycles. The molecule has 21 heavy (non-hydrogen) atoms. The van der Waals surface area contributed by atoms with Gasteiger partial charge in [-0.2, -0.15) is 0 Å². The molecule has 0 fully saturated rings. The Balaban J connectivity index is 2.25. The number of imidazole rings is 1. The van der Waals surface area contributed by atoms with Crippen molar-refractivity contribution in [3.63, 3.8) is 0 Å². The highest BCUT2D eigenvalue weighted by Gasteiger charge is 2.16. The molecule has 2 aromatic rings. The van der Waals surface area contributed by atoms with Crippen LogP contribution < -0.4 is 5.32 Å². The predicted molar refractivity (Wildman–Crippen MR) is 81.9 cm³/mol. The third-order valence-corrected chi connectivity index (χ3v) is 3.43. The van der Waals surface area contributed by atoms with Gasteiger partial charge in [-0.15, -0.1) is 11.6 Å². The molecule has 1 heterocycles. The summed E-state index contributed by atoms with van der Waals surface area (Å²) >= 11 is 6.14. The molecular formula is C15H19ClFN3O. The summed E-state index contributed by atoms with van der Waals surface area (Å²) in [6.07, 6.45) is 1.22. The second kappa shape index (κ2) is 6.89. The zero-order valence-electron chi connectivity index (χ0n) is 12.2. The first-order valence-electron chi connectivity index (χ1n) is 7.09. The minimum absolute atomic E-state index is 0.0247. The Bertz CT molecular complexity index is 639. The summed E-state index contributed by atoms with van der Waals surface area (Å²) < 4.78 is 15.3. The number of carbonyl (C=O) groups excluding carboxylic acids is 1. The van der Waals surface area contributed by atoms with Crippen LogP contribution >= 0.6 is 11.6 Å². The summed E-state index contributed by atoms with van der Waals surface area (Å²) in [5.74, 6) is 0.302. The highest BCUT2D eigenvalue weighted by Crippen LogP contribution is 2.25. The molecular weight excluding hydrogens is 293 g/mol. The van der Waals surface area contributed by atoms with Crippen molar-refractivity contribution in [3.05, 3.63) is 29.8 Å². The van der Waals surface area contributed by atoms with Crippen LogP contribution in [0, 0.1) is 5.82 Å². The van der Waals surface area contributed by atoms with Gasteiger partial charge in [0.25, 0.3) is 0 Å². The van der Waals surface area contributed by atoms with Crippen LogP contribution in [0.25, 0.3) is 11.0 Å². The Morgan fingerprint density at radius 2 is 2.29 bits per heavy atom. The summed E-state index contributed by atoms with van der Waals surface area (Å²) in [7, 11) is 0. The van der Waals surface area contributed by atoms with Crippen molar-refractivity contribution in [1.29, 1.82) is 0 Å². The number of halogens is 2. The molecule has 0 bridgehead atoms. The molecule has 1 aromatic heterocycles.